The number of nitrogens with one attached hydrogen (secondary N) is 1. The van der Waals surface area contributed by atoms with E-state index in [1.54, 1.807) is 6.92 Å². The second kappa shape index (κ2) is 4.62. The van der Waals surface area contributed by atoms with E-state index >= 15 is 0 Å². The maximum atomic E-state index is 11.1. The van der Waals surface area contributed by atoms with E-state index in [9.17, 15) is 13.5 Å². The van der Waals surface area contributed by atoms with Crippen molar-refractivity contribution in [2.45, 2.75) is 12.5 Å². The summed E-state index contributed by atoms with van der Waals surface area (Å²) in [6.45, 7) is 1.58. The van der Waals surface area contributed by atoms with Crippen LogP contribution in [-0.4, -0.2) is 26.3 Å². The first-order chi connectivity index (χ1) is 8.28. The van der Waals surface area contributed by atoms with E-state index in [-0.39, 0.29) is 6.54 Å². The molecule has 98 valence electrons. The summed E-state index contributed by atoms with van der Waals surface area (Å²) in [5, 5.41) is 11.4. The molecule has 2 rings (SSSR count). The van der Waals surface area contributed by atoms with Gasteiger partial charge in [0.1, 0.15) is 5.60 Å². The highest BCUT2D eigenvalue weighted by Crippen LogP contribution is 2.32. The molecule has 2 N–H and O–H groups in total. The summed E-state index contributed by atoms with van der Waals surface area (Å²) in [7, 11) is -3.30. The molecule has 18 heavy (non-hydrogen) atoms. The standard InChI is InChI=1S/C12H15NO3S2/c1-12(14,8-13-18(2,15)16)11-7-9-5-3-4-6-10(9)17-11/h3-7,13-14H,8H2,1-2H3/t12-/m1/s1. The minimum absolute atomic E-state index is 0.0291. The predicted molar refractivity (Wildman–Crippen MR) is 74.2 cm³/mol. The normalized spacial score (nSPS) is 15.7. The zero-order valence-electron chi connectivity index (χ0n) is 10.2. The molecule has 6 heteroatoms. The van der Waals surface area contributed by atoms with Crippen molar-refractivity contribution in [3.05, 3.63) is 35.2 Å². The highest BCUT2D eigenvalue weighted by atomic mass is 32.2. The molecule has 1 aromatic carbocycles. The maximum absolute atomic E-state index is 11.1. The number of thiophene rings is 1. The van der Waals surface area contributed by atoms with E-state index in [1.807, 2.05) is 30.3 Å². The Morgan fingerprint density at radius 3 is 2.67 bits per heavy atom. The molecule has 0 saturated carbocycles. The Hall–Kier alpha value is -0.950. The minimum atomic E-state index is -3.30. The van der Waals surface area contributed by atoms with Gasteiger partial charge in [0, 0.05) is 16.1 Å². The maximum Gasteiger partial charge on any atom is 0.208 e. The van der Waals surface area contributed by atoms with Crippen LogP contribution in [0.2, 0.25) is 0 Å². The van der Waals surface area contributed by atoms with Crippen molar-refractivity contribution in [1.82, 2.24) is 4.72 Å². The SMILES string of the molecule is C[C@@](O)(CNS(C)(=O)=O)c1cc2ccccc2s1. The van der Waals surface area contributed by atoms with E-state index in [0.717, 1.165) is 21.2 Å². The van der Waals surface area contributed by atoms with Gasteiger partial charge in [0.05, 0.1) is 6.26 Å². The van der Waals surface area contributed by atoms with Gasteiger partial charge in [-0.3, -0.25) is 0 Å². The fourth-order valence-corrected chi connectivity index (χ4v) is 3.26. The third-order valence-electron chi connectivity index (χ3n) is 2.63. The van der Waals surface area contributed by atoms with Gasteiger partial charge in [0.25, 0.3) is 0 Å². The van der Waals surface area contributed by atoms with E-state index in [4.69, 9.17) is 0 Å². The molecule has 0 fully saturated rings. The summed E-state index contributed by atoms with van der Waals surface area (Å²) in [5.74, 6) is 0. The van der Waals surface area contributed by atoms with Crippen LogP contribution in [0.5, 0.6) is 0 Å². The first-order valence-corrected chi connectivity index (χ1v) is 8.15. The molecule has 0 unspecified atom stereocenters. The third-order valence-corrected chi connectivity index (χ3v) is 4.67. The summed E-state index contributed by atoms with van der Waals surface area (Å²) >= 11 is 1.47. The lowest BCUT2D eigenvalue weighted by molar-refractivity contribution is 0.0667. The van der Waals surface area contributed by atoms with Crippen molar-refractivity contribution in [2.24, 2.45) is 0 Å². The van der Waals surface area contributed by atoms with Gasteiger partial charge in [-0.1, -0.05) is 18.2 Å². The van der Waals surface area contributed by atoms with Crippen LogP contribution in [0.4, 0.5) is 0 Å². The largest absolute Gasteiger partial charge is 0.383 e. The van der Waals surface area contributed by atoms with Crippen molar-refractivity contribution in [1.29, 1.82) is 0 Å². The van der Waals surface area contributed by atoms with E-state index in [1.165, 1.54) is 11.3 Å². The number of fused-ring (bicyclic) bond motifs is 1. The Labute approximate surface area is 110 Å². The van der Waals surface area contributed by atoms with Crippen LogP contribution < -0.4 is 4.72 Å². The zero-order chi connectivity index (χ0) is 13.4. The van der Waals surface area contributed by atoms with Gasteiger partial charge in [-0.25, -0.2) is 13.1 Å². The van der Waals surface area contributed by atoms with Crippen LogP contribution in [0.3, 0.4) is 0 Å². The second-order valence-electron chi connectivity index (χ2n) is 4.52. The van der Waals surface area contributed by atoms with E-state index in [2.05, 4.69) is 4.72 Å². The molecule has 0 aliphatic heterocycles. The van der Waals surface area contributed by atoms with Crippen LogP contribution in [-0.2, 0) is 15.6 Å². The molecule has 1 atom stereocenters. The Kier molecular flexibility index (Phi) is 3.46. The van der Waals surface area contributed by atoms with Crippen LogP contribution in [0, 0.1) is 0 Å². The fourth-order valence-electron chi connectivity index (χ4n) is 1.61. The molecular formula is C12H15NO3S2. The first-order valence-electron chi connectivity index (χ1n) is 5.44. The lowest BCUT2D eigenvalue weighted by Crippen LogP contribution is -2.37. The highest BCUT2D eigenvalue weighted by molar-refractivity contribution is 7.88. The monoisotopic (exact) mass is 285 g/mol. The van der Waals surface area contributed by atoms with Gasteiger partial charge < -0.3 is 5.11 Å². The summed E-state index contributed by atoms with van der Waals surface area (Å²) in [6, 6.07) is 9.71. The molecule has 0 aliphatic rings. The fraction of sp³-hybridized carbons (Fsp3) is 0.333. The number of sulfonamides is 1. The molecule has 0 bridgehead atoms. The molecule has 0 saturated heterocycles. The third kappa shape index (κ3) is 3.08. The highest BCUT2D eigenvalue weighted by Gasteiger charge is 2.26. The molecule has 1 heterocycles. The van der Waals surface area contributed by atoms with Crippen LogP contribution >= 0.6 is 11.3 Å². The molecule has 1 aromatic heterocycles. The van der Waals surface area contributed by atoms with Gasteiger partial charge in [-0.05, 0) is 24.4 Å². The Morgan fingerprint density at radius 1 is 1.39 bits per heavy atom. The quantitative estimate of drug-likeness (QED) is 0.898. The van der Waals surface area contributed by atoms with Crippen molar-refractivity contribution in [3.8, 4) is 0 Å². The van der Waals surface area contributed by atoms with Crippen molar-refractivity contribution >= 4 is 31.4 Å². The van der Waals surface area contributed by atoms with Gasteiger partial charge in [-0.15, -0.1) is 11.3 Å². The van der Waals surface area contributed by atoms with Crippen molar-refractivity contribution in [2.75, 3.05) is 12.8 Å². The number of hydrogen-bond donors (Lipinski definition) is 2. The number of aliphatic hydroxyl groups is 1. The van der Waals surface area contributed by atoms with Crippen molar-refractivity contribution < 1.29 is 13.5 Å². The zero-order valence-corrected chi connectivity index (χ0v) is 11.8. The van der Waals surface area contributed by atoms with E-state index in [0.29, 0.717) is 0 Å². The molecule has 2 aromatic rings. The van der Waals surface area contributed by atoms with Gasteiger partial charge >= 0.3 is 0 Å². The van der Waals surface area contributed by atoms with Gasteiger partial charge in [0.2, 0.25) is 10.0 Å². The van der Waals surface area contributed by atoms with Crippen LogP contribution in [0.25, 0.3) is 10.1 Å². The summed E-state index contributed by atoms with van der Waals surface area (Å²) in [5.41, 5.74) is -1.20. The molecule has 0 aliphatic carbocycles. The Morgan fingerprint density at radius 2 is 2.06 bits per heavy atom. The van der Waals surface area contributed by atoms with Crippen molar-refractivity contribution in [3.63, 3.8) is 0 Å². The number of benzene rings is 1. The minimum Gasteiger partial charge on any atom is -0.383 e. The van der Waals surface area contributed by atoms with Gasteiger partial charge in [0.15, 0.2) is 0 Å². The lowest BCUT2D eigenvalue weighted by atomic mass is 10.1. The summed E-state index contributed by atoms with van der Waals surface area (Å²) in [4.78, 5) is 0.750. The average molecular weight is 285 g/mol. The molecule has 0 spiro atoms. The Balaban J connectivity index is 2.28. The topological polar surface area (TPSA) is 66.4 Å². The smallest absolute Gasteiger partial charge is 0.208 e. The molecular weight excluding hydrogens is 270 g/mol. The molecule has 0 radical (unpaired) electrons. The van der Waals surface area contributed by atoms with Crippen LogP contribution in [0.15, 0.2) is 30.3 Å². The van der Waals surface area contributed by atoms with E-state index < -0.39 is 15.6 Å². The number of rotatable bonds is 4. The average Bonchev–Trinajstić information content (AvgIpc) is 2.70. The summed E-state index contributed by atoms with van der Waals surface area (Å²) in [6.07, 6.45) is 1.08. The first kappa shape index (κ1) is 13.5. The number of hydrogen-bond acceptors (Lipinski definition) is 4. The summed E-state index contributed by atoms with van der Waals surface area (Å²) < 4.78 is 25.5. The predicted octanol–water partition coefficient (Wildman–Crippen LogP) is 1.66. The molecule has 0 amide bonds. The van der Waals surface area contributed by atoms with Gasteiger partial charge in [-0.2, -0.15) is 0 Å². The van der Waals surface area contributed by atoms with Crippen LogP contribution in [0.1, 0.15) is 11.8 Å². The molecule has 4 nitrogen and oxygen atoms in total. The Bertz CT molecular complexity index is 626. The second-order valence-corrected chi connectivity index (χ2v) is 7.43. The lowest BCUT2D eigenvalue weighted by Gasteiger charge is -2.21.